The maximum atomic E-state index is 6.21. The Labute approximate surface area is 106 Å². The van der Waals surface area contributed by atoms with E-state index in [9.17, 15) is 0 Å². The summed E-state index contributed by atoms with van der Waals surface area (Å²) in [6, 6.07) is 13.4. The second-order valence-electron chi connectivity index (χ2n) is 3.57. The largest absolute Gasteiger partial charge is 0.497 e. The SMILES string of the molecule is COc1ccc(-c2ccc(OC)cc2Cl)cc1. The smallest absolute Gasteiger partial charge is 0.120 e. The van der Waals surface area contributed by atoms with Crippen molar-refractivity contribution in [1.82, 2.24) is 0 Å². The Bertz CT molecular complexity index is 506. The number of ether oxygens (including phenoxy) is 2. The third-order valence-corrected chi connectivity index (χ3v) is 2.89. The fraction of sp³-hybridized carbons (Fsp3) is 0.143. The number of rotatable bonds is 3. The molecule has 0 bridgehead atoms. The van der Waals surface area contributed by atoms with Crippen LogP contribution in [0.2, 0.25) is 5.02 Å². The van der Waals surface area contributed by atoms with Crippen molar-refractivity contribution in [2.45, 2.75) is 0 Å². The Balaban J connectivity index is 2.38. The van der Waals surface area contributed by atoms with Crippen LogP contribution in [0.1, 0.15) is 0 Å². The number of halogens is 1. The van der Waals surface area contributed by atoms with Gasteiger partial charge < -0.3 is 9.47 Å². The van der Waals surface area contributed by atoms with Crippen LogP contribution in [0.3, 0.4) is 0 Å². The van der Waals surface area contributed by atoms with Crippen LogP contribution in [0.4, 0.5) is 0 Å². The highest BCUT2D eigenvalue weighted by molar-refractivity contribution is 6.33. The van der Waals surface area contributed by atoms with Gasteiger partial charge in [0.05, 0.1) is 19.2 Å². The van der Waals surface area contributed by atoms with Gasteiger partial charge in [0, 0.05) is 5.56 Å². The summed E-state index contributed by atoms with van der Waals surface area (Å²) in [6.45, 7) is 0. The van der Waals surface area contributed by atoms with E-state index in [0.29, 0.717) is 5.02 Å². The lowest BCUT2D eigenvalue weighted by Crippen LogP contribution is -1.86. The molecule has 3 heteroatoms. The Hall–Kier alpha value is -1.67. The van der Waals surface area contributed by atoms with E-state index in [4.69, 9.17) is 21.1 Å². The first-order valence-corrected chi connectivity index (χ1v) is 5.60. The van der Waals surface area contributed by atoms with Crippen molar-refractivity contribution < 1.29 is 9.47 Å². The maximum absolute atomic E-state index is 6.21. The molecule has 0 atom stereocenters. The van der Waals surface area contributed by atoms with Gasteiger partial charge in [0.1, 0.15) is 11.5 Å². The molecule has 0 fully saturated rings. The fourth-order valence-corrected chi connectivity index (χ4v) is 1.91. The summed E-state index contributed by atoms with van der Waals surface area (Å²) in [5.74, 6) is 1.59. The van der Waals surface area contributed by atoms with Gasteiger partial charge in [-0.1, -0.05) is 23.7 Å². The minimum absolute atomic E-state index is 0.675. The van der Waals surface area contributed by atoms with Crippen molar-refractivity contribution in [3.05, 3.63) is 47.5 Å². The predicted molar refractivity (Wildman–Crippen MR) is 70.0 cm³/mol. The molecule has 0 radical (unpaired) electrons. The highest BCUT2D eigenvalue weighted by Crippen LogP contribution is 2.31. The molecule has 0 N–H and O–H groups in total. The van der Waals surface area contributed by atoms with Gasteiger partial charge in [0.25, 0.3) is 0 Å². The second-order valence-corrected chi connectivity index (χ2v) is 3.98. The molecule has 0 unspecified atom stereocenters. The molecule has 0 aliphatic heterocycles. The third kappa shape index (κ3) is 2.53. The predicted octanol–water partition coefficient (Wildman–Crippen LogP) is 4.02. The summed E-state index contributed by atoms with van der Waals surface area (Å²) < 4.78 is 10.2. The molecule has 0 heterocycles. The van der Waals surface area contributed by atoms with Crippen LogP contribution < -0.4 is 9.47 Å². The van der Waals surface area contributed by atoms with E-state index in [1.54, 1.807) is 20.3 Å². The van der Waals surface area contributed by atoms with Crippen molar-refractivity contribution in [3.63, 3.8) is 0 Å². The lowest BCUT2D eigenvalue weighted by atomic mass is 10.1. The molecule has 0 aliphatic carbocycles. The highest BCUT2D eigenvalue weighted by atomic mass is 35.5. The molecule has 2 aromatic rings. The topological polar surface area (TPSA) is 18.5 Å². The zero-order chi connectivity index (χ0) is 12.3. The monoisotopic (exact) mass is 248 g/mol. The van der Waals surface area contributed by atoms with E-state index in [1.165, 1.54) is 0 Å². The minimum atomic E-state index is 0.675. The van der Waals surface area contributed by atoms with E-state index in [-0.39, 0.29) is 0 Å². The van der Waals surface area contributed by atoms with Crippen molar-refractivity contribution >= 4 is 11.6 Å². The van der Waals surface area contributed by atoms with Crippen molar-refractivity contribution in [3.8, 4) is 22.6 Å². The summed E-state index contributed by atoms with van der Waals surface area (Å²) in [5, 5.41) is 0.675. The van der Waals surface area contributed by atoms with E-state index in [2.05, 4.69) is 0 Å². The van der Waals surface area contributed by atoms with Crippen molar-refractivity contribution in [2.24, 2.45) is 0 Å². The summed E-state index contributed by atoms with van der Waals surface area (Å²) in [6.07, 6.45) is 0. The van der Waals surface area contributed by atoms with Gasteiger partial charge in [-0.3, -0.25) is 0 Å². The standard InChI is InChI=1S/C14H13ClO2/c1-16-11-5-3-10(4-6-11)13-8-7-12(17-2)9-14(13)15/h3-9H,1-2H3. The Morgan fingerprint density at radius 3 is 1.94 bits per heavy atom. The lowest BCUT2D eigenvalue weighted by Gasteiger charge is -2.07. The summed E-state index contributed by atoms with van der Waals surface area (Å²) in [5.41, 5.74) is 2.04. The molecule has 88 valence electrons. The number of hydrogen-bond acceptors (Lipinski definition) is 2. The molecule has 2 rings (SSSR count). The van der Waals surface area contributed by atoms with Gasteiger partial charge >= 0.3 is 0 Å². The molecule has 0 aromatic heterocycles. The number of hydrogen-bond donors (Lipinski definition) is 0. The molecule has 0 spiro atoms. The highest BCUT2D eigenvalue weighted by Gasteiger charge is 2.05. The Kier molecular flexibility index (Phi) is 3.55. The first kappa shape index (κ1) is 11.8. The zero-order valence-corrected chi connectivity index (χ0v) is 10.5. The third-order valence-electron chi connectivity index (χ3n) is 2.58. The quantitative estimate of drug-likeness (QED) is 0.817. The average Bonchev–Trinajstić information content (AvgIpc) is 2.39. The van der Waals surface area contributed by atoms with Crippen LogP contribution in [0.15, 0.2) is 42.5 Å². The number of methoxy groups -OCH3 is 2. The van der Waals surface area contributed by atoms with Crippen molar-refractivity contribution in [1.29, 1.82) is 0 Å². The normalized spacial score (nSPS) is 10.1. The van der Waals surface area contributed by atoms with Gasteiger partial charge in [-0.25, -0.2) is 0 Å². The van der Waals surface area contributed by atoms with E-state index < -0.39 is 0 Å². The van der Waals surface area contributed by atoms with Gasteiger partial charge in [0.15, 0.2) is 0 Å². The lowest BCUT2D eigenvalue weighted by molar-refractivity contribution is 0.414. The van der Waals surface area contributed by atoms with E-state index in [0.717, 1.165) is 22.6 Å². The first-order chi connectivity index (χ1) is 8.24. The molecule has 0 saturated heterocycles. The molecule has 0 aliphatic rings. The number of benzene rings is 2. The second kappa shape index (κ2) is 5.11. The molecule has 0 amide bonds. The van der Waals surface area contributed by atoms with Crippen LogP contribution >= 0.6 is 11.6 Å². The minimum Gasteiger partial charge on any atom is -0.497 e. The van der Waals surface area contributed by atoms with Crippen LogP contribution in [-0.4, -0.2) is 14.2 Å². The van der Waals surface area contributed by atoms with Crippen LogP contribution in [0.5, 0.6) is 11.5 Å². The Morgan fingerprint density at radius 2 is 1.41 bits per heavy atom. The van der Waals surface area contributed by atoms with Crippen LogP contribution in [-0.2, 0) is 0 Å². The molecule has 2 aromatic carbocycles. The summed E-state index contributed by atoms with van der Waals surface area (Å²) in [7, 11) is 3.27. The van der Waals surface area contributed by atoms with Gasteiger partial charge in [0.2, 0.25) is 0 Å². The van der Waals surface area contributed by atoms with Crippen molar-refractivity contribution in [2.75, 3.05) is 14.2 Å². The fourth-order valence-electron chi connectivity index (χ4n) is 1.63. The average molecular weight is 249 g/mol. The first-order valence-electron chi connectivity index (χ1n) is 5.22. The molecule has 17 heavy (non-hydrogen) atoms. The summed E-state index contributed by atoms with van der Waals surface area (Å²) in [4.78, 5) is 0. The van der Waals surface area contributed by atoms with Crippen LogP contribution in [0.25, 0.3) is 11.1 Å². The Morgan fingerprint density at radius 1 is 0.824 bits per heavy atom. The molecular weight excluding hydrogens is 236 g/mol. The van der Waals surface area contributed by atoms with Crippen LogP contribution in [0, 0.1) is 0 Å². The van der Waals surface area contributed by atoms with Gasteiger partial charge in [-0.15, -0.1) is 0 Å². The summed E-state index contributed by atoms with van der Waals surface area (Å²) >= 11 is 6.21. The molecule has 0 saturated carbocycles. The van der Waals surface area contributed by atoms with Gasteiger partial charge in [-0.05, 0) is 35.9 Å². The van der Waals surface area contributed by atoms with Gasteiger partial charge in [-0.2, -0.15) is 0 Å². The maximum Gasteiger partial charge on any atom is 0.120 e. The van der Waals surface area contributed by atoms with E-state index in [1.807, 2.05) is 36.4 Å². The molecule has 2 nitrogen and oxygen atoms in total. The molecular formula is C14H13ClO2. The zero-order valence-electron chi connectivity index (χ0n) is 9.74. The van der Waals surface area contributed by atoms with E-state index >= 15 is 0 Å².